The average molecular weight is 280 g/mol. The van der Waals surface area contributed by atoms with E-state index < -0.39 is 5.82 Å². The second-order valence-electron chi connectivity index (χ2n) is 4.34. The zero-order chi connectivity index (χ0) is 13.8. The molecule has 0 aliphatic rings. The van der Waals surface area contributed by atoms with Gasteiger partial charge in [-0.1, -0.05) is 29.8 Å². The van der Waals surface area contributed by atoms with E-state index in [1.165, 1.54) is 6.07 Å². The van der Waals surface area contributed by atoms with Gasteiger partial charge in [0.2, 0.25) is 0 Å². The molecule has 0 aliphatic carbocycles. The molecule has 0 aliphatic heterocycles. The Morgan fingerprint density at radius 2 is 2.05 bits per heavy atom. The molecule has 0 bridgehead atoms. The quantitative estimate of drug-likeness (QED) is 0.668. The van der Waals surface area contributed by atoms with Crippen molar-refractivity contribution in [1.29, 1.82) is 0 Å². The molecule has 0 saturated carbocycles. The Labute approximate surface area is 116 Å². The molecular weight excluding hydrogens is 265 g/mol. The van der Waals surface area contributed by atoms with Crippen LogP contribution in [0.25, 0.3) is 0 Å². The van der Waals surface area contributed by atoms with Crippen molar-refractivity contribution in [2.75, 3.05) is 0 Å². The molecule has 1 heterocycles. The van der Waals surface area contributed by atoms with Gasteiger partial charge in [0.25, 0.3) is 0 Å². The fraction of sp³-hybridized carbons (Fsp3) is 0.214. The first-order valence-electron chi connectivity index (χ1n) is 5.94. The number of benzene rings is 1. The maximum atomic E-state index is 13.9. The Balaban J connectivity index is 2.26. The molecule has 2 rings (SSSR count). The highest BCUT2D eigenvalue weighted by Gasteiger charge is 2.15. The van der Waals surface area contributed by atoms with E-state index in [1.807, 2.05) is 25.1 Å². The van der Waals surface area contributed by atoms with Gasteiger partial charge in [-0.25, -0.2) is 4.39 Å². The highest BCUT2D eigenvalue weighted by atomic mass is 35.5. The average Bonchev–Trinajstić information content (AvgIpc) is 2.40. The van der Waals surface area contributed by atoms with Crippen LogP contribution in [0.1, 0.15) is 23.0 Å². The fourth-order valence-electron chi connectivity index (χ4n) is 1.93. The number of rotatable bonds is 4. The topological polar surface area (TPSA) is 50.9 Å². The molecule has 0 spiro atoms. The third-order valence-electron chi connectivity index (χ3n) is 2.92. The third-order valence-corrected chi connectivity index (χ3v) is 3.22. The lowest BCUT2D eigenvalue weighted by Crippen LogP contribution is -2.30. The van der Waals surface area contributed by atoms with Crippen LogP contribution >= 0.6 is 11.6 Å². The fourth-order valence-corrected chi connectivity index (χ4v) is 2.13. The Morgan fingerprint density at radius 3 is 2.74 bits per heavy atom. The van der Waals surface area contributed by atoms with Gasteiger partial charge >= 0.3 is 0 Å². The Hall–Kier alpha value is -1.49. The molecule has 100 valence electrons. The van der Waals surface area contributed by atoms with E-state index in [0.29, 0.717) is 12.0 Å². The molecule has 0 saturated heterocycles. The number of nitrogens with two attached hydrogens (primary N) is 1. The summed E-state index contributed by atoms with van der Waals surface area (Å²) in [7, 11) is 0. The van der Waals surface area contributed by atoms with Gasteiger partial charge < -0.3 is 0 Å². The number of hydrazine groups is 1. The minimum absolute atomic E-state index is 0.116. The number of nitrogens with one attached hydrogen (secondary N) is 1. The van der Waals surface area contributed by atoms with Crippen LogP contribution in [-0.2, 0) is 6.42 Å². The molecule has 1 aromatic carbocycles. The lowest BCUT2D eigenvalue weighted by atomic mass is 10.0. The van der Waals surface area contributed by atoms with Crippen LogP contribution in [-0.4, -0.2) is 4.98 Å². The molecule has 3 nitrogen and oxygen atoms in total. The third kappa shape index (κ3) is 3.29. The minimum atomic E-state index is -0.405. The van der Waals surface area contributed by atoms with Gasteiger partial charge in [0.1, 0.15) is 5.82 Å². The van der Waals surface area contributed by atoms with E-state index in [1.54, 1.807) is 12.1 Å². The van der Waals surface area contributed by atoms with Gasteiger partial charge in [0, 0.05) is 5.69 Å². The summed E-state index contributed by atoms with van der Waals surface area (Å²) in [5, 5.41) is 0.116. The predicted octanol–water partition coefficient (Wildman–Crippen LogP) is 2.93. The van der Waals surface area contributed by atoms with Crippen molar-refractivity contribution in [3.63, 3.8) is 0 Å². The molecule has 0 fully saturated rings. The van der Waals surface area contributed by atoms with Gasteiger partial charge in [-0.05, 0) is 37.1 Å². The van der Waals surface area contributed by atoms with Crippen molar-refractivity contribution in [1.82, 2.24) is 10.4 Å². The largest absolute Gasteiger partial charge is 0.271 e. The monoisotopic (exact) mass is 279 g/mol. The van der Waals surface area contributed by atoms with Crippen molar-refractivity contribution in [2.24, 2.45) is 5.84 Å². The van der Waals surface area contributed by atoms with Crippen molar-refractivity contribution in [3.05, 3.63) is 64.2 Å². The number of aromatic nitrogens is 1. The van der Waals surface area contributed by atoms with Crippen LogP contribution in [0, 0.1) is 12.7 Å². The zero-order valence-electron chi connectivity index (χ0n) is 10.5. The zero-order valence-corrected chi connectivity index (χ0v) is 11.3. The van der Waals surface area contributed by atoms with Crippen LogP contribution in [0.2, 0.25) is 5.02 Å². The van der Waals surface area contributed by atoms with E-state index in [4.69, 9.17) is 17.4 Å². The van der Waals surface area contributed by atoms with Gasteiger partial charge in [-0.15, -0.1) is 0 Å². The first-order chi connectivity index (χ1) is 9.11. The normalized spacial score (nSPS) is 12.4. The summed E-state index contributed by atoms with van der Waals surface area (Å²) in [6.45, 7) is 1.90. The molecule has 19 heavy (non-hydrogen) atoms. The van der Waals surface area contributed by atoms with Crippen molar-refractivity contribution in [2.45, 2.75) is 19.4 Å². The molecule has 2 aromatic rings. The van der Waals surface area contributed by atoms with Crippen molar-refractivity contribution < 1.29 is 4.39 Å². The van der Waals surface area contributed by atoms with E-state index in [9.17, 15) is 4.39 Å². The molecule has 1 atom stereocenters. The summed E-state index contributed by atoms with van der Waals surface area (Å²) in [5.41, 5.74) is 4.85. The lowest BCUT2D eigenvalue weighted by Gasteiger charge is -2.16. The summed E-state index contributed by atoms with van der Waals surface area (Å²) in [6, 6.07) is 10.3. The summed E-state index contributed by atoms with van der Waals surface area (Å²) in [6.07, 6.45) is 0.388. The van der Waals surface area contributed by atoms with Crippen molar-refractivity contribution in [3.8, 4) is 0 Å². The second kappa shape index (κ2) is 6.10. The van der Waals surface area contributed by atoms with Gasteiger partial charge in [-0.2, -0.15) is 0 Å². The highest BCUT2D eigenvalue weighted by molar-refractivity contribution is 6.30. The lowest BCUT2D eigenvalue weighted by molar-refractivity contribution is 0.518. The number of pyridine rings is 1. The van der Waals surface area contributed by atoms with E-state index >= 15 is 0 Å². The van der Waals surface area contributed by atoms with Crippen LogP contribution in [0.4, 0.5) is 4.39 Å². The van der Waals surface area contributed by atoms with Crippen LogP contribution in [0.3, 0.4) is 0 Å². The van der Waals surface area contributed by atoms with E-state index in [2.05, 4.69) is 10.4 Å². The number of hydrogen-bond acceptors (Lipinski definition) is 3. The Morgan fingerprint density at radius 1 is 1.32 bits per heavy atom. The number of nitrogens with zero attached hydrogens (tertiary/aromatic N) is 1. The minimum Gasteiger partial charge on any atom is -0.271 e. The summed E-state index contributed by atoms with van der Waals surface area (Å²) in [4.78, 5) is 4.39. The molecule has 0 amide bonds. The summed E-state index contributed by atoms with van der Waals surface area (Å²) < 4.78 is 13.9. The Kier molecular flexibility index (Phi) is 4.47. The van der Waals surface area contributed by atoms with Crippen LogP contribution < -0.4 is 11.3 Å². The molecule has 5 heteroatoms. The number of aryl methyl sites for hydroxylation is 1. The Bertz CT molecular complexity index is 574. The molecule has 1 unspecified atom stereocenters. The summed E-state index contributed by atoms with van der Waals surface area (Å²) in [5.74, 6) is 5.14. The van der Waals surface area contributed by atoms with E-state index in [0.717, 1.165) is 11.4 Å². The molecule has 0 radical (unpaired) electrons. The first kappa shape index (κ1) is 13.9. The smallest absolute Gasteiger partial charge is 0.145 e. The van der Waals surface area contributed by atoms with Crippen molar-refractivity contribution >= 4 is 11.6 Å². The highest BCUT2D eigenvalue weighted by Crippen LogP contribution is 2.23. The van der Waals surface area contributed by atoms with Gasteiger partial charge in [0.15, 0.2) is 0 Å². The number of halogens is 2. The molecule has 3 N–H and O–H groups in total. The van der Waals surface area contributed by atoms with Crippen LogP contribution in [0.15, 0.2) is 36.4 Å². The van der Waals surface area contributed by atoms with Gasteiger partial charge in [-0.3, -0.25) is 16.3 Å². The maximum absolute atomic E-state index is 13.9. The molecule has 1 aromatic heterocycles. The number of hydrogen-bond donors (Lipinski definition) is 2. The predicted molar refractivity (Wildman–Crippen MR) is 74.2 cm³/mol. The standard InChI is InChI=1S/C14H15ClFN3/c1-9-4-2-7-12(18-9)13(19-17)8-10-5-3-6-11(15)14(10)16/h2-7,13,19H,8,17H2,1H3. The second-order valence-corrected chi connectivity index (χ2v) is 4.75. The van der Waals surface area contributed by atoms with Gasteiger partial charge in [0.05, 0.1) is 16.8 Å². The summed E-state index contributed by atoms with van der Waals surface area (Å²) >= 11 is 5.77. The maximum Gasteiger partial charge on any atom is 0.145 e. The van der Waals surface area contributed by atoms with E-state index in [-0.39, 0.29) is 11.1 Å². The van der Waals surface area contributed by atoms with Crippen LogP contribution in [0.5, 0.6) is 0 Å². The first-order valence-corrected chi connectivity index (χ1v) is 6.32. The SMILES string of the molecule is Cc1cccc(C(Cc2cccc(Cl)c2F)NN)n1. The molecular formula is C14H15ClFN3.